The number of hydrogen-bond donors (Lipinski definition) is 1. The number of nitrogens with zero attached hydrogens (tertiary/aromatic N) is 1. The van der Waals surface area contributed by atoms with Crippen molar-refractivity contribution >= 4 is 15.7 Å². The van der Waals surface area contributed by atoms with E-state index in [-0.39, 0.29) is 29.3 Å². The quantitative estimate of drug-likeness (QED) is 0.534. The highest BCUT2D eigenvalue weighted by Crippen LogP contribution is 2.38. The fraction of sp³-hybridized carbons (Fsp3) is 0.391. The Balaban J connectivity index is 2.31. The number of carbonyl (C=O) groups is 1. The number of amides is 1. The van der Waals surface area contributed by atoms with E-state index >= 15 is 0 Å². The van der Waals surface area contributed by atoms with E-state index in [1.807, 2.05) is 0 Å². The van der Waals surface area contributed by atoms with Gasteiger partial charge in [-0.3, -0.25) is 4.79 Å². The Morgan fingerprint density at radius 3 is 2.00 bits per heavy atom. The van der Waals surface area contributed by atoms with Gasteiger partial charge in [0.15, 0.2) is 15.9 Å². The topological polar surface area (TPSA) is 96.3 Å². The van der Waals surface area contributed by atoms with Crippen molar-refractivity contribution in [2.45, 2.75) is 43.5 Å². The molecule has 0 heterocycles. The number of sulfone groups is 1. The standard InChI is InChI=1S/C23H25F3N2O4S/c1-15(2)14-20(22(29)28-13-12-27)32-21(23(24,25)26)18-6-4-16(5-7-18)17-8-10-19(11-9-17)33(3,30)31/h4-11,15,20-21H,13-14H2,1-3H3,(H,28,29)/t20?,21-/m1/s1. The molecule has 0 bridgehead atoms. The zero-order chi connectivity index (χ0) is 24.8. The van der Waals surface area contributed by atoms with Crippen molar-refractivity contribution in [2.24, 2.45) is 5.92 Å². The number of halogens is 3. The number of rotatable bonds is 9. The molecular formula is C23H25F3N2O4S. The van der Waals surface area contributed by atoms with Crippen LogP contribution in [0.25, 0.3) is 11.1 Å². The van der Waals surface area contributed by atoms with Crippen molar-refractivity contribution < 1.29 is 31.1 Å². The maximum atomic E-state index is 13.8. The summed E-state index contributed by atoms with van der Waals surface area (Å²) in [6.07, 6.45) is -7.36. The van der Waals surface area contributed by atoms with Crippen LogP contribution in [0, 0.1) is 17.2 Å². The van der Waals surface area contributed by atoms with Gasteiger partial charge in [0.05, 0.1) is 11.0 Å². The minimum Gasteiger partial charge on any atom is -0.351 e. The molecule has 0 aliphatic carbocycles. The van der Waals surface area contributed by atoms with E-state index in [1.54, 1.807) is 32.0 Å². The Bertz CT molecular complexity index is 1090. The molecule has 178 valence electrons. The molecule has 2 aromatic rings. The second-order valence-electron chi connectivity index (χ2n) is 7.97. The summed E-state index contributed by atoms with van der Waals surface area (Å²) in [5.74, 6) is -0.893. The van der Waals surface area contributed by atoms with Crippen molar-refractivity contribution in [1.29, 1.82) is 5.26 Å². The fourth-order valence-electron chi connectivity index (χ4n) is 3.15. The highest BCUT2D eigenvalue weighted by Gasteiger charge is 2.44. The van der Waals surface area contributed by atoms with Crippen LogP contribution in [0.4, 0.5) is 13.2 Å². The molecule has 0 radical (unpaired) electrons. The van der Waals surface area contributed by atoms with Gasteiger partial charge in [0.1, 0.15) is 12.6 Å². The first-order chi connectivity index (χ1) is 15.3. The molecule has 2 rings (SSSR count). The van der Waals surface area contributed by atoms with E-state index in [0.29, 0.717) is 11.1 Å². The summed E-state index contributed by atoms with van der Waals surface area (Å²) in [7, 11) is -3.36. The van der Waals surface area contributed by atoms with Crippen LogP contribution in [-0.4, -0.2) is 39.4 Å². The first-order valence-corrected chi connectivity index (χ1v) is 12.0. The van der Waals surface area contributed by atoms with E-state index in [4.69, 9.17) is 10.00 Å². The predicted molar refractivity (Wildman–Crippen MR) is 117 cm³/mol. The Morgan fingerprint density at radius 2 is 1.58 bits per heavy atom. The lowest BCUT2D eigenvalue weighted by molar-refractivity contribution is -0.236. The number of nitrogens with one attached hydrogen (secondary N) is 1. The molecule has 6 nitrogen and oxygen atoms in total. The Labute approximate surface area is 191 Å². The van der Waals surface area contributed by atoms with Crippen LogP contribution in [0.5, 0.6) is 0 Å². The highest BCUT2D eigenvalue weighted by atomic mass is 32.2. The Kier molecular flexibility index (Phi) is 8.63. The monoisotopic (exact) mass is 482 g/mol. The predicted octanol–water partition coefficient (Wildman–Crippen LogP) is 4.43. The fourth-order valence-corrected chi connectivity index (χ4v) is 3.78. The van der Waals surface area contributed by atoms with E-state index in [9.17, 15) is 26.4 Å². The second kappa shape index (κ2) is 10.8. The van der Waals surface area contributed by atoms with Crippen molar-refractivity contribution in [3.05, 3.63) is 54.1 Å². The zero-order valence-corrected chi connectivity index (χ0v) is 19.2. The molecule has 2 atom stereocenters. The maximum Gasteiger partial charge on any atom is 0.418 e. The summed E-state index contributed by atoms with van der Waals surface area (Å²) in [6, 6.07) is 13.2. The minimum atomic E-state index is -4.77. The molecule has 0 saturated carbocycles. The van der Waals surface area contributed by atoms with Gasteiger partial charge < -0.3 is 10.1 Å². The Morgan fingerprint density at radius 1 is 1.06 bits per heavy atom. The smallest absolute Gasteiger partial charge is 0.351 e. The summed E-state index contributed by atoms with van der Waals surface area (Å²) >= 11 is 0. The molecule has 33 heavy (non-hydrogen) atoms. The van der Waals surface area contributed by atoms with Gasteiger partial charge in [0, 0.05) is 6.26 Å². The molecule has 0 aliphatic rings. The van der Waals surface area contributed by atoms with Gasteiger partial charge in [-0.15, -0.1) is 0 Å². The van der Waals surface area contributed by atoms with Crippen LogP contribution >= 0.6 is 0 Å². The molecule has 1 amide bonds. The van der Waals surface area contributed by atoms with Gasteiger partial charge in [-0.25, -0.2) is 8.42 Å². The summed E-state index contributed by atoms with van der Waals surface area (Å²) in [6.45, 7) is 3.17. The molecule has 0 fully saturated rings. The van der Waals surface area contributed by atoms with E-state index < -0.39 is 34.1 Å². The molecule has 10 heteroatoms. The number of hydrogen-bond acceptors (Lipinski definition) is 5. The van der Waals surface area contributed by atoms with Crippen molar-refractivity contribution in [3.8, 4) is 17.2 Å². The number of alkyl halides is 3. The molecular weight excluding hydrogens is 457 g/mol. The average molecular weight is 483 g/mol. The van der Waals surface area contributed by atoms with Gasteiger partial charge in [0.2, 0.25) is 5.91 Å². The lowest BCUT2D eigenvalue weighted by Gasteiger charge is -2.27. The van der Waals surface area contributed by atoms with Crippen LogP contribution in [0.2, 0.25) is 0 Å². The van der Waals surface area contributed by atoms with Crippen molar-refractivity contribution in [2.75, 3.05) is 12.8 Å². The van der Waals surface area contributed by atoms with Gasteiger partial charge in [0.25, 0.3) is 0 Å². The summed E-state index contributed by atoms with van der Waals surface area (Å²) in [5.41, 5.74) is 1.04. The largest absolute Gasteiger partial charge is 0.418 e. The normalized spacial score (nSPS) is 13.9. The summed E-state index contributed by atoms with van der Waals surface area (Å²) in [4.78, 5) is 12.4. The third kappa shape index (κ3) is 7.58. The summed E-state index contributed by atoms with van der Waals surface area (Å²) < 4.78 is 69.9. The maximum absolute atomic E-state index is 13.8. The lowest BCUT2D eigenvalue weighted by atomic mass is 10.0. The van der Waals surface area contributed by atoms with Gasteiger partial charge >= 0.3 is 6.18 Å². The van der Waals surface area contributed by atoms with Crippen molar-refractivity contribution in [3.63, 3.8) is 0 Å². The van der Waals surface area contributed by atoms with Crippen LogP contribution in [0.3, 0.4) is 0 Å². The third-order valence-electron chi connectivity index (χ3n) is 4.75. The summed E-state index contributed by atoms with van der Waals surface area (Å²) in [5, 5.41) is 10.9. The first-order valence-electron chi connectivity index (χ1n) is 10.1. The molecule has 0 aromatic heterocycles. The third-order valence-corrected chi connectivity index (χ3v) is 5.87. The van der Waals surface area contributed by atoms with Crippen LogP contribution in [0.1, 0.15) is 31.9 Å². The molecule has 2 aromatic carbocycles. The highest BCUT2D eigenvalue weighted by molar-refractivity contribution is 7.90. The number of benzene rings is 2. The molecule has 0 aliphatic heterocycles. The first kappa shape index (κ1) is 26.4. The average Bonchev–Trinajstić information content (AvgIpc) is 2.73. The van der Waals surface area contributed by atoms with Crippen molar-refractivity contribution in [1.82, 2.24) is 5.32 Å². The van der Waals surface area contributed by atoms with E-state index in [0.717, 1.165) is 6.26 Å². The number of nitriles is 1. The SMILES string of the molecule is CC(C)CC(O[C@H](c1ccc(-c2ccc(S(C)(=O)=O)cc2)cc1)C(F)(F)F)C(=O)NCC#N. The Hall–Kier alpha value is -2.90. The van der Waals surface area contributed by atoms with Crippen LogP contribution in [-0.2, 0) is 19.4 Å². The molecule has 0 saturated heterocycles. The molecule has 0 spiro atoms. The lowest BCUT2D eigenvalue weighted by Crippen LogP contribution is -2.40. The van der Waals surface area contributed by atoms with E-state index in [1.165, 1.54) is 36.4 Å². The van der Waals surface area contributed by atoms with Gasteiger partial charge in [-0.1, -0.05) is 50.2 Å². The van der Waals surface area contributed by atoms with E-state index in [2.05, 4.69) is 5.32 Å². The minimum absolute atomic E-state index is 0.0502. The van der Waals surface area contributed by atoms with Crippen LogP contribution < -0.4 is 5.32 Å². The van der Waals surface area contributed by atoms with Gasteiger partial charge in [-0.2, -0.15) is 18.4 Å². The van der Waals surface area contributed by atoms with Crippen LogP contribution in [0.15, 0.2) is 53.4 Å². The molecule has 1 N–H and O–H groups in total. The van der Waals surface area contributed by atoms with Gasteiger partial charge in [-0.05, 0) is 41.2 Å². The number of carbonyl (C=O) groups excluding carboxylic acids is 1. The zero-order valence-electron chi connectivity index (χ0n) is 18.4. The second-order valence-corrected chi connectivity index (χ2v) is 9.99. The number of ether oxygens (including phenoxy) is 1. The molecule has 1 unspecified atom stereocenters.